The molecule has 0 aromatic heterocycles. The van der Waals surface area contributed by atoms with Gasteiger partial charge in [-0.25, -0.2) is 4.79 Å². The van der Waals surface area contributed by atoms with Crippen molar-refractivity contribution >= 4 is 23.3 Å². The molecule has 1 fully saturated rings. The molecule has 1 unspecified atom stereocenters. The zero-order valence-electron chi connectivity index (χ0n) is 10.4. The van der Waals surface area contributed by atoms with Crippen molar-refractivity contribution in [2.75, 3.05) is 31.7 Å². The van der Waals surface area contributed by atoms with Crippen molar-refractivity contribution in [2.45, 2.75) is 6.10 Å². The number of esters is 1. The number of carbonyl (C=O) groups excluding carboxylic acids is 1. The lowest BCUT2D eigenvalue weighted by Gasteiger charge is -2.33. The topological polar surface area (TPSA) is 62.6 Å². The number of hydrogen-bond acceptors (Lipinski definition) is 5. The Morgan fingerprint density at radius 2 is 2.42 bits per heavy atom. The molecule has 0 amide bonds. The monoisotopic (exact) mass is 280 g/mol. The minimum absolute atomic E-state index is 0.364. The highest BCUT2D eigenvalue weighted by molar-refractivity contribution is 6.30. The second-order valence-electron chi connectivity index (χ2n) is 4.10. The van der Waals surface area contributed by atoms with E-state index in [4.69, 9.17) is 21.6 Å². The molecule has 1 heterocycles. The summed E-state index contributed by atoms with van der Waals surface area (Å²) in [6.07, 6.45) is -0.624. The second-order valence-corrected chi connectivity index (χ2v) is 4.54. The number of nitrogens with zero attached hydrogens (tertiary/aromatic N) is 2. The number of rotatable bonds is 2. The van der Waals surface area contributed by atoms with Gasteiger partial charge in [0.15, 0.2) is 6.10 Å². The number of hydrogen-bond donors (Lipinski definition) is 0. The van der Waals surface area contributed by atoms with E-state index in [1.165, 1.54) is 7.11 Å². The maximum atomic E-state index is 11.5. The van der Waals surface area contributed by atoms with Gasteiger partial charge in [-0.1, -0.05) is 11.6 Å². The molecule has 0 bridgehead atoms. The van der Waals surface area contributed by atoms with E-state index in [9.17, 15) is 4.79 Å². The summed E-state index contributed by atoms with van der Waals surface area (Å²) < 4.78 is 10.0. The Hall–Kier alpha value is -1.77. The van der Waals surface area contributed by atoms with Crippen LogP contribution in [0, 0.1) is 11.3 Å². The maximum Gasteiger partial charge on any atom is 0.336 e. The van der Waals surface area contributed by atoms with Crippen molar-refractivity contribution in [3.8, 4) is 6.07 Å². The van der Waals surface area contributed by atoms with Crippen LogP contribution < -0.4 is 4.90 Å². The van der Waals surface area contributed by atoms with Gasteiger partial charge in [0.05, 0.1) is 31.5 Å². The van der Waals surface area contributed by atoms with Gasteiger partial charge in [-0.2, -0.15) is 5.26 Å². The zero-order chi connectivity index (χ0) is 13.8. The van der Waals surface area contributed by atoms with E-state index in [0.29, 0.717) is 30.3 Å². The number of ether oxygens (including phenoxy) is 2. The Balaban J connectivity index is 2.22. The fourth-order valence-electron chi connectivity index (χ4n) is 2.02. The van der Waals surface area contributed by atoms with Crippen molar-refractivity contribution < 1.29 is 14.3 Å². The lowest BCUT2D eigenvalue weighted by molar-refractivity contribution is -0.154. The summed E-state index contributed by atoms with van der Waals surface area (Å²) in [7, 11) is 1.33. The minimum atomic E-state index is -0.624. The van der Waals surface area contributed by atoms with E-state index in [0.717, 1.165) is 5.69 Å². The van der Waals surface area contributed by atoms with E-state index in [-0.39, 0.29) is 0 Å². The summed E-state index contributed by atoms with van der Waals surface area (Å²) in [6.45, 7) is 1.39. The summed E-state index contributed by atoms with van der Waals surface area (Å²) in [5, 5.41) is 9.65. The van der Waals surface area contributed by atoms with Gasteiger partial charge in [0.1, 0.15) is 6.07 Å². The van der Waals surface area contributed by atoms with E-state index in [1.54, 1.807) is 18.2 Å². The molecule has 0 spiro atoms. The molecule has 1 aromatic rings. The van der Waals surface area contributed by atoms with Gasteiger partial charge in [0.2, 0.25) is 0 Å². The Labute approximate surface area is 116 Å². The molecule has 100 valence electrons. The highest BCUT2D eigenvalue weighted by Gasteiger charge is 2.28. The van der Waals surface area contributed by atoms with Gasteiger partial charge in [0, 0.05) is 11.6 Å². The normalized spacial score (nSPS) is 18.8. The zero-order valence-corrected chi connectivity index (χ0v) is 11.2. The van der Waals surface area contributed by atoms with Gasteiger partial charge in [-0.15, -0.1) is 0 Å². The van der Waals surface area contributed by atoms with E-state index < -0.39 is 12.1 Å². The van der Waals surface area contributed by atoms with Crippen molar-refractivity contribution in [3.63, 3.8) is 0 Å². The van der Waals surface area contributed by atoms with Crippen LogP contribution in [-0.4, -0.2) is 38.9 Å². The summed E-state index contributed by atoms with van der Waals surface area (Å²) in [5.74, 6) is -0.405. The summed E-state index contributed by atoms with van der Waals surface area (Å²) in [5.41, 5.74) is 1.24. The third kappa shape index (κ3) is 2.98. The first-order valence-corrected chi connectivity index (χ1v) is 6.17. The standard InChI is InChI=1S/C13H13ClN2O3/c1-18-13(17)12-8-16(4-5-19-12)11-3-2-10(14)6-9(11)7-15/h2-3,6,12H,4-5,8H2,1H3. The van der Waals surface area contributed by atoms with Gasteiger partial charge >= 0.3 is 5.97 Å². The SMILES string of the molecule is COC(=O)C1CN(c2ccc(Cl)cc2C#N)CCO1. The summed E-state index contributed by atoms with van der Waals surface area (Å²) in [6, 6.07) is 7.22. The van der Waals surface area contributed by atoms with Crippen LogP contribution in [0.2, 0.25) is 5.02 Å². The highest BCUT2D eigenvalue weighted by Crippen LogP contribution is 2.25. The summed E-state index contributed by atoms with van der Waals surface area (Å²) >= 11 is 5.87. The first-order valence-electron chi connectivity index (χ1n) is 5.79. The number of anilines is 1. The molecule has 0 saturated carbocycles. The molecular weight excluding hydrogens is 268 g/mol. The quantitative estimate of drug-likeness (QED) is 0.770. The highest BCUT2D eigenvalue weighted by atomic mass is 35.5. The molecule has 1 aromatic carbocycles. The number of halogens is 1. The first kappa shape index (κ1) is 13.7. The summed E-state index contributed by atoms with van der Waals surface area (Å²) in [4.78, 5) is 13.4. The van der Waals surface area contributed by atoms with Gasteiger partial charge < -0.3 is 14.4 Å². The largest absolute Gasteiger partial charge is 0.467 e. The molecule has 1 aliphatic rings. The van der Waals surface area contributed by atoms with Gasteiger partial charge in [0.25, 0.3) is 0 Å². The molecule has 1 atom stereocenters. The molecule has 0 radical (unpaired) electrons. The maximum absolute atomic E-state index is 11.5. The molecule has 6 heteroatoms. The minimum Gasteiger partial charge on any atom is -0.467 e. The van der Waals surface area contributed by atoms with Crippen LogP contribution in [-0.2, 0) is 14.3 Å². The lowest BCUT2D eigenvalue weighted by Crippen LogP contribution is -2.46. The average molecular weight is 281 g/mol. The van der Waals surface area contributed by atoms with E-state index in [2.05, 4.69) is 10.8 Å². The Kier molecular flexibility index (Phi) is 4.25. The molecular formula is C13H13ClN2O3. The number of benzene rings is 1. The van der Waals surface area contributed by atoms with Gasteiger partial charge in [-0.3, -0.25) is 0 Å². The molecule has 5 nitrogen and oxygen atoms in total. The molecule has 19 heavy (non-hydrogen) atoms. The van der Waals surface area contributed by atoms with Crippen LogP contribution in [0.25, 0.3) is 0 Å². The Bertz CT molecular complexity index is 527. The number of morpholine rings is 1. The third-order valence-corrected chi connectivity index (χ3v) is 3.19. The van der Waals surface area contributed by atoms with Crippen LogP contribution in [0.15, 0.2) is 18.2 Å². The Morgan fingerprint density at radius 3 is 3.11 bits per heavy atom. The second kappa shape index (κ2) is 5.91. The fraction of sp³-hybridized carbons (Fsp3) is 0.385. The van der Waals surface area contributed by atoms with Crippen LogP contribution >= 0.6 is 11.6 Å². The molecule has 1 saturated heterocycles. The molecule has 0 aliphatic carbocycles. The van der Waals surface area contributed by atoms with Crippen LogP contribution in [0.3, 0.4) is 0 Å². The predicted molar refractivity (Wildman–Crippen MR) is 70.1 cm³/mol. The number of carbonyl (C=O) groups is 1. The molecule has 1 aliphatic heterocycles. The fourth-order valence-corrected chi connectivity index (χ4v) is 2.19. The van der Waals surface area contributed by atoms with E-state index in [1.807, 2.05) is 4.90 Å². The van der Waals surface area contributed by atoms with Gasteiger partial charge in [-0.05, 0) is 18.2 Å². The van der Waals surface area contributed by atoms with Crippen molar-refractivity contribution in [3.05, 3.63) is 28.8 Å². The van der Waals surface area contributed by atoms with Crippen LogP contribution in [0.1, 0.15) is 5.56 Å². The average Bonchev–Trinajstić information content (AvgIpc) is 2.46. The van der Waals surface area contributed by atoms with Crippen LogP contribution in [0.4, 0.5) is 5.69 Å². The lowest BCUT2D eigenvalue weighted by atomic mass is 10.1. The van der Waals surface area contributed by atoms with Crippen molar-refractivity contribution in [1.29, 1.82) is 5.26 Å². The van der Waals surface area contributed by atoms with Crippen LogP contribution in [0.5, 0.6) is 0 Å². The smallest absolute Gasteiger partial charge is 0.336 e. The Morgan fingerprint density at radius 1 is 1.63 bits per heavy atom. The van der Waals surface area contributed by atoms with Crippen molar-refractivity contribution in [1.82, 2.24) is 0 Å². The third-order valence-electron chi connectivity index (χ3n) is 2.95. The van der Waals surface area contributed by atoms with E-state index >= 15 is 0 Å². The number of methoxy groups -OCH3 is 1. The van der Waals surface area contributed by atoms with Crippen molar-refractivity contribution in [2.24, 2.45) is 0 Å². The first-order chi connectivity index (χ1) is 9.15. The molecule has 0 N–H and O–H groups in total. The molecule has 2 rings (SSSR count). The predicted octanol–water partition coefficient (Wildman–Crippen LogP) is 1.59. The number of nitriles is 1.